The Bertz CT molecular complexity index is 1180. The molecule has 1 fully saturated rings. The van der Waals surface area contributed by atoms with Gasteiger partial charge in [0.25, 0.3) is 17.1 Å². The molecule has 1 aliphatic heterocycles. The van der Waals surface area contributed by atoms with Crippen molar-refractivity contribution < 1.29 is 18.8 Å². The van der Waals surface area contributed by atoms with Crippen molar-refractivity contribution in [3.63, 3.8) is 0 Å². The van der Waals surface area contributed by atoms with Crippen LogP contribution in [0.1, 0.15) is 35.2 Å². The van der Waals surface area contributed by atoms with Gasteiger partial charge in [0.15, 0.2) is 0 Å². The highest BCUT2D eigenvalue weighted by atomic mass is 16.5. The summed E-state index contributed by atoms with van der Waals surface area (Å²) in [5.41, 5.74) is 8.39. The SMILES string of the molecule is COCCCNC(=O)c1cc2c(=O)n3cccc(C)c3nc2[n+](C[C@@H]2CCCO2)c1N. The van der Waals surface area contributed by atoms with Crippen molar-refractivity contribution >= 4 is 28.4 Å². The van der Waals surface area contributed by atoms with Crippen LogP contribution in [-0.4, -0.2) is 48.3 Å². The van der Waals surface area contributed by atoms with E-state index in [9.17, 15) is 9.59 Å². The number of fused-ring (bicyclic) bond motifs is 2. The van der Waals surface area contributed by atoms with Gasteiger partial charge in [0.2, 0.25) is 11.5 Å². The van der Waals surface area contributed by atoms with Gasteiger partial charge in [-0.05, 0) is 38.3 Å². The number of anilines is 1. The molecule has 31 heavy (non-hydrogen) atoms. The molecular weight excluding hydrogens is 398 g/mol. The lowest BCUT2D eigenvalue weighted by Crippen LogP contribution is -2.46. The van der Waals surface area contributed by atoms with Crippen LogP contribution >= 0.6 is 0 Å². The molecule has 9 nitrogen and oxygen atoms in total. The van der Waals surface area contributed by atoms with Crippen molar-refractivity contribution in [2.24, 2.45) is 0 Å². The molecule has 0 bridgehead atoms. The number of methoxy groups -OCH3 is 1. The molecule has 164 valence electrons. The summed E-state index contributed by atoms with van der Waals surface area (Å²) < 4.78 is 14.1. The van der Waals surface area contributed by atoms with Gasteiger partial charge < -0.3 is 20.5 Å². The average molecular weight is 426 g/mol. The maximum Gasteiger partial charge on any atom is 0.278 e. The molecule has 0 aromatic carbocycles. The number of hydrogen-bond donors (Lipinski definition) is 2. The molecule has 3 aromatic heterocycles. The van der Waals surface area contributed by atoms with E-state index in [1.54, 1.807) is 30.0 Å². The summed E-state index contributed by atoms with van der Waals surface area (Å²) in [6.07, 6.45) is 4.20. The van der Waals surface area contributed by atoms with Crippen LogP contribution in [-0.2, 0) is 16.0 Å². The Kier molecular flexibility index (Phi) is 6.15. The van der Waals surface area contributed by atoms with Gasteiger partial charge in [-0.3, -0.25) is 14.0 Å². The second kappa shape index (κ2) is 8.99. The number of aryl methyl sites for hydroxylation is 1. The van der Waals surface area contributed by atoms with Crippen LogP contribution in [0.2, 0.25) is 0 Å². The average Bonchev–Trinajstić information content (AvgIpc) is 3.27. The fraction of sp³-hybridized carbons (Fsp3) is 0.455. The molecule has 4 heterocycles. The Morgan fingerprint density at radius 3 is 3.06 bits per heavy atom. The van der Waals surface area contributed by atoms with E-state index in [-0.39, 0.29) is 29.0 Å². The second-order valence-corrected chi connectivity index (χ2v) is 7.83. The van der Waals surface area contributed by atoms with E-state index in [1.807, 2.05) is 13.0 Å². The number of carbonyl (C=O) groups is 1. The van der Waals surface area contributed by atoms with Crippen LogP contribution in [0, 0.1) is 6.92 Å². The highest BCUT2D eigenvalue weighted by molar-refractivity contribution is 6.00. The molecule has 0 aliphatic carbocycles. The third kappa shape index (κ3) is 4.11. The summed E-state index contributed by atoms with van der Waals surface area (Å²) in [5.74, 6) is -0.0533. The lowest BCUT2D eigenvalue weighted by molar-refractivity contribution is -0.666. The third-order valence-corrected chi connectivity index (χ3v) is 5.64. The van der Waals surface area contributed by atoms with E-state index < -0.39 is 0 Å². The van der Waals surface area contributed by atoms with Crippen molar-refractivity contribution in [2.75, 3.05) is 32.6 Å². The zero-order valence-electron chi connectivity index (χ0n) is 17.9. The van der Waals surface area contributed by atoms with Gasteiger partial charge >= 0.3 is 0 Å². The first-order valence-corrected chi connectivity index (χ1v) is 10.5. The summed E-state index contributed by atoms with van der Waals surface area (Å²) in [6.45, 7) is 4.03. The molecule has 3 aromatic rings. The monoisotopic (exact) mass is 426 g/mol. The maximum absolute atomic E-state index is 13.3. The fourth-order valence-electron chi connectivity index (χ4n) is 3.98. The number of aromatic nitrogens is 3. The van der Waals surface area contributed by atoms with Crippen molar-refractivity contribution in [2.45, 2.75) is 38.8 Å². The molecule has 1 aliphatic rings. The lowest BCUT2D eigenvalue weighted by Gasteiger charge is -2.15. The lowest BCUT2D eigenvalue weighted by atomic mass is 10.1. The van der Waals surface area contributed by atoms with E-state index in [4.69, 9.17) is 20.2 Å². The molecule has 1 saturated heterocycles. The van der Waals surface area contributed by atoms with Crippen molar-refractivity contribution in [1.82, 2.24) is 14.7 Å². The first-order valence-electron chi connectivity index (χ1n) is 10.5. The van der Waals surface area contributed by atoms with E-state index in [2.05, 4.69) is 5.32 Å². The highest BCUT2D eigenvalue weighted by Gasteiger charge is 2.27. The molecular formula is C22H28N5O4+. The summed E-state index contributed by atoms with van der Waals surface area (Å²) in [5, 5.41) is 3.20. The Hall–Kier alpha value is -3.04. The van der Waals surface area contributed by atoms with Crippen molar-refractivity contribution in [3.05, 3.63) is 45.9 Å². The van der Waals surface area contributed by atoms with Gasteiger partial charge in [0, 0.05) is 38.6 Å². The number of carbonyl (C=O) groups excluding carboxylic acids is 1. The van der Waals surface area contributed by atoms with Crippen LogP contribution in [0.15, 0.2) is 29.2 Å². The molecule has 0 saturated carbocycles. The Balaban J connectivity index is 1.87. The van der Waals surface area contributed by atoms with Crippen LogP contribution in [0.5, 0.6) is 0 Å². The van der Waals surface area contributed by atoms with Crippen LogP contribution in [0.4, 0.5) is 5.82 Å². The fourth-order valence-corrected chi connectivity index (χ4v) is 3.98. The van der Waals surface area contributed by atoms with Crippen LogP contribution < -0.4 is 21.2 Å². The van der Waals surface area contributed by atoms with E-state index in [1.165, 1.54) is 4.40 Å². The van der Waals surface area contributed by atoms with E-state index >= 15 is 0 Å². The maximum atomic E-state index is 13.3. The quantitative estimate of drug-likeness (QED) is 0.331. The van der Waals surface area contributed by atoms with Gasteiger partial charge in [-0.25, -0.2) is 4.57 Å². The van der Waals surface area contributed by atoms with Crippen molar-refractivity contribution in [1.29, 1.82) is 0 Å². The molecule has 1 atom stereocenters. The first kappa shape index (κ1) is 21.2. The number of amides is 1. The summed E-state index contributed by atoms with van der Waals surface area (Å²) in [4.78, 5) is 31.0. The molecule has 0 radical (unpaired) electrons. The van der Waals surface area contributed by atoms with Gasteiger partial charge in [0.05, 0.1) is 12.6 Å². The zero-order chi connectivity index (χ0) is 22.0. The summed E-state index contributed by atoms with van der Waals surface area (Å²) >= 11 is 0. The van der Waals surface area contributed by atoms with Crippen LogP contribution in [0.25, 0.3) is 16.7 Å². The normalized spacial score (nSPS) is 16.3. The number of nitrogens with two attached hydrogens (primary N) is 1. The van der Waals surface area contributed by atoms with Gasteiger partial charge in [-0.1, -0.05) is 11.1 Å². The predicted octanol–water partition coefficient (Wildman–Crippen LogP) is 0.971. The van der Waals surface area contributed by atoms with Gasteiger partial charge in [0.1, 0.15) is 10.9 Å². The van der Waals surface area contributed by atoms with E-state index in [0.717, 1.165) is 18.4 Å². The number of ether oxygens (including phenoxy) is 2. The minimum absolute atomic E-state index is 0.0346. The van der Waals surface area contributed by atoms with Crippen LogP contribution in [0.3, 0.4) is 0 Å². The Morgan fingerprint density at radius 2 is 2.32 bits per heavy atom. The number of pyridine rings is 2. The third-order valence-electron chi connectivity index (χ3n) is 5.64. The summed E-state index contributed by atoms with van der Waals surface area (Å²) in [6, 6.07) is 5.26. The predicted molar refractivity (Wildman–Crippen MR) is 116 cm³/mol. The minimum atomic E-state index is -0.328. The topological polar surface area (TPSA) is 112 Å². The molecule has 0 spiro atoms. The minimum Gasteiger partial charge on any atom is -0.385 e. The highest BCUT2D eigenvalue weighted by Crippen LogP contribution is 2.18. The molecule has 1 amide bonds. The molecule has 9 heteroatoms. The Labute approximate surface area is 179 Å². The molecule has 4 rings (SSSR count). The van der Waals surface area contributed by atoms with Crippen molar-refractivity contribution in [3.8, 4) is 0 Å². The second-order valence-electron chi connectivity index (χ2n) is 7.83. The standard InChI is InChI=1S/C22H27N5O4/c1-14-6-3-9-26-19(14)25-20-17(22(26)29)12-16(21(28)24-8-5-10-30-2)18(23)27(20)13-15-7-4-11-31-15/h3,6,9,12,15,23H,4-5,7-8,10-11,13H2,1-2H3,(H,24,28)/p+1/t15-/m0/s1. The number of nitrogen functional groups attached to an aromatic ring is 1. The van der Waals surface area contributed by atoms with Gasteiger partial charge in [-0.15, -0.1) is 0 Å². The Morgan fingerprint density at radius 1 is 1.48 bits per heavy atom. The zero-order valence-corrected chi connectivity index (χ0v) is 17.9. The molecule has 0 unspecified atom stereocenters. The van der Waals surface area contributed by atoms with Gasteiger partial charge in [-0.2, -0.15) is 0 Å². The number of rotatable bonds is 7. The van der Waals surface area contributed by atoms with E-state index in [0.29, 0.717) is 49.4 Å². The number of nitrogens with one attached hydrogen (secondary N) is 1. The smallest absolute Gasteiger partial charge is 0.278 e. The first-order chi connectivity index (χ1) is 15.0. The summed E-state index contributed by atoms with van der Waals surface area (Å²) in [7, 11) is 1.61. The number of nitrogens with zero attached hydrogens (tertiary/aromatic N) is 3. The largest absolute Gasteiger partial charge is 0.385 e. The number of hydrogen-bond acceptors (Lipinski definition) is 6. The molecule has 3 N–H and O–H groups in total.